The zero-order valence-electron chi connectivity index (χ0n) is 14.2. The van der Waals surface area contributed by atoms with Gasteiger partial charge < -0.3 is 0 Å². The molecule has 0 nitrogen and oxygen atoms in total. The first-order valence-corrected chi connectivity index (χ1v) is 10.8. The van der Waals surface area contributed by atoms with Gasteiger partial charge >= 0.3 is 0 Å². The summed E-state index contributed by atoms with van der Waals surface area (Å²) in [5.74, 6) is 3.01. The topological polar surface area (TPSA) is 0 Å². The molecule has 4 heteroatoms. The molecular formula is C22H18Cl4. The van der Waals surface area contributed by atoms with Crippen LogP contribution >= 0.6 is 46.4 Å². The molecule has 3 aliphatic rings. The van der Waals surface area contributed by atoms with Gasteiger partial charge in [0.25, 0.3) is 0 Å². The summed E-state index contributed by atoms with van der Waals surface area (Å²) >= 11 is 25.4. The predicted octanol–water partition coefficient (Wildman–Crippen LogP) is 7.64. The summed E-state index contributed by atoms with van der Waals surface area (Å²) in [5.41, 5.74) is 2.24. The van der Waals surface area contributed by atoms with Crippen molar-refractivity contribution in [2.45, 2.75) is 37.5 Å². The first kappa shape index (κ1) is 17.7. The van der Waals surface area contributed by atoms with Gasteiger partial charge in [0.05, 0.1) is 20.1 Å². The SMILES string of the molecule is Clc1[c]c(Cl)cc(C2(c3cc(Cl)[c]c(Cl)c3)CC3CC2C2CCCC32)c1. The lowest BCUT2D eigenvalue weighted by atomic mass is 9.59. The van der Waals surface area contributed by atoms with Crippen molar-refractivity contribution in [1.82, 2.24) is 0 Å². The summed E-state index contributed by atoms with van der Waals surface area (Å²) in [6.45, 7) is 0. The number of halogens is 4. The van der Waals surface area contributed by atoms with Crippen LogP contribution in [0.2, 0.25) is 20.1 Å². The second kappa shape index (κ2) is 6.31. The van der Waals surface area contributed by atoms with E-state index in [4.69, 9.17) is 46.4 Å². The highest BCUT2D eigenvalue weighted by molar-refractivity contribution is 6.35. The second-order valence-corrected chi connectivity index (χ2v) is 9.79. The maximum Gasteiger partial charge on any atom is 0.0503 e. The maximum absolute atomic E-state index is 6.36. The van der Waals surface area contributed by atoms with Crippen LogP contribution in [0.15, 0.2) is 24.3 Å². The van der Waals surface area contributed by atoms with Crippen LogP contribution in [0, 0.1) is 35.8 Å². The summed E-state index contributed by atoms with van der Waals surface area (Å²) in [4.78, 5) is 0. The third-order valence-electron chi connectivity index (χ3n) is 7.16. The van der Waals surface area contributed by atoms with Crippen LogP contribution < -0.4 is 0 Å². The minimum atomic E-state index is -0.124. The molecule has 134 valence electrons. The lowest BCUT2D eigenvalue weighted by molar-refractivity contribution is 0.181. The Kier molecular flexibility index (Phi) is 4.29. The molecular weight excluding hydrogens is 406 g/mol. The maximum atomic E-state index is 6.36. The Morgan fingerprint density at radius 1 is 0.769 bits per heavy atom. The molecule has 2 aromatic carbocycles. The fourth-order valence-corrected chi connectivity index (χ4v) is 7.47. The Morgan fingerprint density at radius 2 is 1.27 bits per heavy atom. The number of benzene rings is 2. The summed E-state index contributed by atoms with van der Waals surface area (Å²) < 4.78 is 0. The first-order valence-electron chi connectivity index (χ1n) is 9.25. The van der Waals surface area contributed by atoms with Crippen molar-refractivity contribution >= 4 is 46.4 Å². The third-order valence-corrected chi connectivity index (χ3v) is 7.97. The number of hydrogen-bond acceptors (Lipinski definition) is 0. The molecule has 0 amide bonds. The number of hydrogen-bond donors (Lipinski definition) is 0. The molecule has 0 heterocycles. The lowest BCUT2D eigenvalue weighted by Crippen LogP contribution is -2.40. The zero-order valence-corrected chi connectivity index (χ0v) is 17.2. The summed E-state index contributed by atoms with van der Waals surface area (Å²) in [5, 5.41) is 2.27. The molecule has 5 rings (SSSR count). The molecule has 0 saturated heterocycles. The molecule has 0 spiro atoms. The fraction of sp³-hybridized carbons (Fsp3) is 0.455. The number of fused-ring (bicyclic) bond motifs is 5. The largest absolute Gasteiger partial charge is 0.0836 e. The van der Waals surface area contributed by atoms with Crippen molar-refractivity contribution < 1.29 is 0 Å². The van der Waals surface area contributed by atoms with Crippen LogP contribution in [-0.2, 0) is 5.41 Å². The standard InChI is InChI=1S/C22H18Cl4/c23-15-5-13(6-16(24)9-15)22(14-7-17(25)10-18(26)8-14)11-12-4-21(22)20-3-1-2-19(12)20/h5-8,12,19-21H,1-4,11H2. The van der Waals surface area contributed by atoms with Gasteiger partial charge in [0.15, 0.2) is 0 Å². The monoisotopic (exact) mass is 422 g/mol. The predicted molar refractivity (Wildman–Crippen MR) is 108 cm³/mol. The summed E-state index contributed by atoms with van der Waals surface area (Å²) in [6.07, 6.45) is 6.46. The van der Waals surface area contributed by atoms with Gasteiger partial charge in [-0.15, -0.1) is 0 Å². The van der Waals surface area contributed by atoms with Crippen molar-refractivity contribution in [3.63, 3.8) is 0 Å². The summed E-state index contributed by atoms with van der Waals surface area (Å²) in [7, 11) is 0. The van der Waals surface area contributed by atoms with E-state index in [1.54, 1.807) is 0 Å². The van der Waals surface area contributed by atoms with Gasteiger partial charge in [-0.2, -0.15) is 0 Å². The van der Waals surface area contributed by atoms with E-state index in [0.717, 1.165) is 24.2 Å². The quantitative estimate of drug-likeness (QED) is 0.465. The molecule has 2 aromatic rings. The highest BCUT2D eigenvalue weighted by Crippen LogP contribution is 2.68. The van der Waals surface area contributed by atoms with Crippen LogP contribution in [-0.4, -0.2) is 0 Å². The van der Waals surface area contributed by atoms with Crippen LogP contribution in [0.3, 0.4) is 0 Å². The molecule has 2 bridgehead atoms. The van der Waals surface area contributed by atoms with E-state index in [0.29, 0.717) is 26.0 Å². The smallest absolute Gasteiger partial charge is 0.0503 e. The van der Waals surface area contributed by atoms with E-state index in [2.05, 4.69) is 12.1 Å². The highest BCUT2D eigenvalue weighted by Gasteiger charge is 2.61. The molecule has 4 unspecified atom stereocenters. The van der Waals surface area contributed by atoms with Gasteiger partial charge in [0, 0.05) is 17.5 Å². The van der Waals surface area contributed by atoms with Gasteiger partial charge in [-0.3, -0.25) is 0 Å². The van der Waals surface area contributed by atoms with Crippen LogP contribution in [0.1, 0.15) is 43.2 Å². The van der Waals surface area contributed by atoms with E-state index in [1.165, 1.54) is 36.8 Å². The van der Waals surface area contributed by atoms with Crippen molar-refractivity contribution in [2.75, 3.05) is 0 Å². The van der Waals surface area contributed by atoms with Crippen molar-refractivity contribution in [2.24, 2.45) is 23.7 Å². The van der Waals surface area contributed by atoms with Crippen LogP contribution in [0.25, 0.3) is 0 Å². The average Bonchev–Trinajstić information content (AvgIpc) is 3.25. The highest BCUT2D eigenvalue weighted by atomic mass is 35.5. The zero-order chi connectivity index (χ0) is 18.1. The Balaban J connectivity index is 1.74. The average molecular weight is 424 g/mol. The molecule has 0 aromatic heterocycles. The van der Waals surface area contributed by atoms with Crippen molar-refractivity contribution in [3.8, 4) is 0 Å². The molecule has 26 heavy (non-hydrogen) atoms. The first-order chi connectivity index (χ1) is 12.5. The normalized spacial score (nSPS) is 31.4. The van der Waals surface area contributed by atoms with Gasteiger partial charge in [-0.25, -0.2) is 0 Å². The van der Waals surface area contributed by atoms with Gasteiger partial charge in [-0.1, -0.05) is 52.8 Å². The second-order valence-electron chi connectivity index (χ2n) is 8.17. The minimum absolute atomic E-state index is 0.124. The Bertz CT molecular complexity index is 782. The van der Waals surface area contributed by atoms with Gasteiger partial charge in [0.1, 0.15) is 0 Å². The van der Waals surface area contributed by atoms with Gasteiger partial charge in [-0.05, 0) is 84.7 Å². The van der Waals surface area contributed by atoms with Crippen LogP contribution in [0.4, 0.5) is 0 Å². The molecule has 0 aliphatic heterocycles. The Morgan fingerprint density at radius 3 is 1.81 bits per heavy atom. The van der Waals surface area contributed by atoms with Crippen LogP contribution in [0.5, 0.6) is 0 Å². The molecule has 3 fully saturated rings. The lowest BCUT2D eigenvalue weighted by Gasteiger charge is -2.44. The molecule has 2 radical (unpaired) electrons. The van der Waals surface area contributed by atoms with Gasteiger partial charge in [0.2, 0.25) is 0 Å². The van der Waals surface area contributed by atoms with Crippen molar-refractivity contribution in [1.29, 1.82) is 0 Å². The van der Waals surface area contributed by atoms with E-state index in [9.17, 15) is 0 Å². The minimum Gasteiger partial charge on any atom is -0.0836 e. The number of rotatable bonds is 2. The van der Waals surface area contributed by atoms with E-state index in [-0.39, 0.29) is 5.41 Å². The van der Waals surface area contributed by atoms with E-state index in [1.807, 2.05) is 24.3 Å². The molecule has 4 atom stereocenters. The van der Waals surface area contributed by atoms with Crippen molar-refractivity contribution in [3.05, 3.63) is 67.6 Å². The summed E-state index contributed by atoms with van der Waals surface area (Å²) in [6, 6.07) is 14.1. The Hall–Kier alpha value is -0.400. The third kappa shape index (κ3) is 2.56. The van der Waals surface area contributed by atoms with E-state index < -0.39 is 0 Å². The molecule has 3 saturated carbocycles. The van der Waals surface area contributed by atoms with E-state index >= 15 is 0 Å². The Labute approximate surface area is 174 Å². The molecule has 3 aliphatic carbocycles. The molecule has 0 N–H and O–H groups in total. The fourth-order valence-electron chi connectivity index (χ4n) is 6.49.